The smallest absolute Gasteiger partial charge is 0.262 e. The normalized spacial score (nSPS) is 25.0. The van der Waals surface area contributed by atoms with Crippen LogP contribution in [0.2, 0.25) is 0 Å². The molecule has 2 N–H and O–H groups in total. The Kier molecular flexibility index (Phi) is 6.00. The minimum absolute atomic E-state index is 0.0260. The summed E-state index contributed by atoms with van der Waals surface area (Å²) in [5.74, 6) is -0.252. The maximum Gasteiger partial charge on any atom is 0.262 e. The summed E-state index contributed by atoms with van der Waals surface area (Å²) in [6.45, 7) is 5.27. The number of benzene rings is 2. The van der Waals surface area contributed by atoms with E-state index in [1.54, 1.807) is 6.07 Å². The summed E-state index contributed by atoms with van der Waals surface area (Å²) in [7, 11) is 0. The molecule has 140 valence electrons. The van der Waals surface area contributed by atoms with Gasteiger partial charge in [0.15, 0.2) is 0 Å². The highest BCUT2D eigenvalue weighted by molar-refractivity contribution is 6.68. The number of alkyl halides is 3. The summed E-state index contributed by atoms with van der Waals surface area (Å²) in [6, 6.07) is 13.3. The number of quaternary nitrogens is 1. The van der Waals surface area contributed by atoms with Crippen LogP contribution in [0.1, 0.15) is 24.2 Å². The zero-order valence-corrected chi connectivity index (χ0v) is 16.9. The lowest BCUT2D eigenvalue weighted by molar-refractivity contribution is -0.941. The summed E-state index contributed by atoms with van der Waals surface area (Å²) in [4.78, 5) is 14.0. The van der Waals surface area contributed by atoms with Crippen molar-refractivity contribution in [2.75, 3.05) is 13.1 Å². The molecule has 2 aromatic rings. The zero-order chi connectivity index (χ0) is 18.9. The topological polar surface area (TPSA) is 42.8 Å². The Hall–Kier alpha value is -1.04. The molecule has 0 bridgehead atoms. The molecule has 2 aromatic carbocycles. The van der Waals surface area contributed by atoms with E-state index in [2.05, 4.69) is 5.32 Å². The highest BCUT2D eigenvalue weighted by atomic mass is 35.6. The first kappa shape index (κ1) is 19.7. The van der Waals surface area contributed by atoms with Crippen LogP contribution in [0.25, 0.3) is 10.8 Å². The van der Waals surface area contributed by atoms with Crippen molar-refractivity contribution in [2.45, 2.75) is 36.0 Å². The van der Waals surface area contributed by atoms with E-state index in [4.69, 9.17) is 39.5 Å². The maximum atomic E-state index is 13.0. The molecular formula is C19H22Cl3N2O2+. The fourth-order valence-corrected chi connectivity index (χ4v) is 4.22. The fraction of sp³-hybridized carbons (Fsp3) is 0.421. The molecule has 1 fully saturated rings. The molecule has 26 heavy (non-hydrogen) atoms. The number of carbonyl (C=O) groups is 1. The van der Waals surface area contributed by atoms with Crippen LogP contribution in [0.15, 0.2) is 42.5 Å². The number of amides is 1. The molecule has 0 radical (unpaired) electrons. The molecule has 4 atom stereocenters. The van der Waals surface area contributed by atoms with Crippen molar-refractivity contribution in [1.82, 2.24) is 5.32 Å². The van der Waals surface area contributed by atoms with Crippen LogP contribution < -0.4 is 10.2 Å². The van der Waals surface area contributed by atoms with Gasteiger partial charge >= 0.3 is 0 Å². The number of rotatable bonds is 3. The van der Waals surface area contributed by atoms with Gasteiger partial charge in [0.25, 0.3) is 9.70 Å². The van der Waals surface area contributed by atoms with Gasteiger partial charge in [-0.1, -0.05) is 71.2 Å². The van der Waals surface area contributed by atoms with Gasteiger partial charge in [-0.25, -0.2) is 0 Å². The van der Waals surface area contributed by atoms with Crippen LogP contribution in [-0.2, 0) is 4.74 Å². The van der Waals surface area contributed by atoms with Crippen LogP contribution in [0.5, 0.6) is 0 Å². The minimum Gasteiger partial charge on any atom is -0.364 e. The van der Waals surface area contributed by atoms with Crippen molar-refractivity contribution in [3.8, 4) is 0 Å². The number of ether oxygens (including phenoxy) is 1. The molecule has 4 nitrogen and oxygen atoms in total. The van der Waals surface area contributed by atoms with Gasteiger partial charge in [-0.2, -0.15) is 0 Å². The Morgan fingerprint density at radius 1 is 1.12 bits per heavy atom. The van der Waals surface area contributed by atoms with Crippen molar-refractivity contribution in [3.63, 3.8) is 0 Å². The molecule has 1 aliphatic rings. The highest BCUT2D eigenvalue weighted by Crippen LogP contribution is 2.28. The number of fused-ring (bicyclic) bond motifs is 1. The molecular weight excluding hydrogens is 395 g/mol. The lowest BCUT2D eigenvalue weighted by Gasteiger charge is -2.39. The predicted molar refractivity (Wildman–Crippen MR) is 106 cm³/mol. The molecule has 0 saturated carbocycles. The predicted octanol–water partition coefficient (Wildman–Crippen LogP) is 2.96. The summed E-state index contributed by atoms with van der Waals surface area (Å²) in [5, 5.41) is 4.81. The van der Waals surface area contributed by atoms with Gasteiger partial charge in [-0.3, -0.25) is 10.1 Å². The third-order valence-corrected chi connectivity index (χ3v) is 5.26. The van der Waals surface area contributed by atoms with E-state index in [9.17, 15) is 4.79 Å². The molecule has 0 aromatic heterocycles. The van der Waals surface area contributed by atoms with Crippen LogP contribution >= 0.6 is 34.8 Å². The van der Waals surface area contributed by atoms with E-state index in [1.807, 2.05) is 50.2 Å². The summed E-state index contributed by atoms with van der Waals surface area (Å²) >= 11 is 18.7. The van der Waals surface area contributed by atoms with E-state index >= 15 is 0 Å². The van der Waals surface area contributed by atoms with E-state index < -0.39 is 9.96 Å². The Morgan fingerprint density at radius 2 is 1.73 bits per heavy atom. The minimum atomic E-state index is -1.63. The number of carbonyl (C=O) groups excluding carboxylic acids is 1. The third-order valence-electron chi connectivity index (χ3n) is 4.61. The Bertz CT molecular complexity index is 778. The lowest BCUT2D eigenvalue weighted by atomic mass is 10.0. The molecule has 0 aliphatic carbocycles. The summed E-state index contributed by atoms with van der Waals surface area (Å²) in [5.41, 5.74) is 0.566. The number of hydrogen-bond donors (Lipinski definition) is 2. The van der Waals surface area contributed by atoms with Gasteiger partial charge in [-0.15, -0.1) is 0 Å². The van der Waals surface area contributed by atoms with Crippen molar-refractivity contribution in [3.05, 3.63) is 48.0 Å². The van der Waals surface area contributed by atoms with Gasteiger partial charge in [-0.05, 0) is 30.7 Å². The van der Waals surface area contributed by atoms with E-state index in [-0.39, 0.29) is 18.1 Å². The first-order chi connectivity index (χ1) is 12.3. The first-order valence-corrected chi connectivity index (χ1v) is 9.74. The van der Waals surface area contributed by atoms with E-state index in [0.29, 0.717) is 18.7 Å². The molecule has 1 saturated heterocycles. The van der Waals surface area contributed by atoms with Crippen LogP contribution in [0, 0.1) is 0 Å². The SMILES string of the molecule is C[C@@H]1C[NH+]([C@H](NC(=O)c2cccc3ccccc23)C(Cl)(Cl)Cl)C[C@H](C)O1. The van der Waals surface area contributed by atoms with Gasteiger partial charge in [0, 0.05) is 5.56 Å². The molecule has 3 rings (SSSR count). The average Bonchev–Trinajstić information content (AvgIpc) is 2.57. The zero-order valence-electron chi connectivity index (χ0n) is 14.6. The molecule has 7 heteroatoms. The fourth-order valence-electron chi connectivity index (χ4n) is 3.60. The maximum absolute atomic E-state index is 13.0. The van der Waals surface area contributed by atoms with Crippen molar-refractivity contribution in [1.29, 1.82) is 0 Å². The first-order valence-electron chi connectivity index (χ1n) is 8.61. The molecule has 1 aliphatic heterocycles. The summed E-state index contributed by atoms with van der Waals surface area (Å²) < 4.78 is 4.13. The number of hydrogen-bond acceptors (Lipinski definition) is 2. The number of nitrogens with one attached hydrogen (secondary N) is 2. The standard InChI is InChI=1S/C19H21Cl3N2O2/c1-12-10-24(11-13(2)26-12)18(19(20,21)22)23-17(25)16-9-5-7-14-6-3-4-8-15(14)16/h3-9,12-13,18H,10-11H2,1-2H3,(H,23,25)/p+1/t12-,13+,18-/m0/s1. The number of morpholine rings is 1. The highest BCUT2D eigenvalue weighted by Gasteiger charge is 2.45. The monoisotopic (exact) mass is 415 g/mol. The van der Waals surface area contributed by atoms with Crippen LogP contribution in [-0.4, -0.2) is 41.2 Å². The molecule has 0 spiro atoms. The van der Waals surface area contributed by atoms with Crippen molar-refractivity contribution < 1.29 is 14.4 Å². The van der Waals surface area contributed by atoms with Crippen LogP contribution in [0.4, 0.5) is 0 Å². The quantitative estimate of drug-likeness (QED) is 0.756. The second-order valence-corrected chi connectivity index (χ2v) is 9.17. The van der Waals surface area contributed by atoms with Gasteiger partial charge in [0.2, 0.25) is 6.17 Å². The van der Waals surface area contributed by atoms with Gasteiger partial charge < -0.3 is 9.64 Å². The Morgan fingerprint density at radius 3 is 2.38 bits per heavy atom. The van der Waals surface area contributed by atoms with Crippen LogP contribution in [0.3, 0.4) is 0 Å². The third kappa shape index (κ3) is 4.44. The van der Waals surface area contributed by atoms with Gasteiger partial charge in [0.1, 0.15) is 25.3 Å². The lowest BCUT2D eigenvalue weighted by Crippen LogP contribution is -3.22. The molecule has 1 heterocycles. The summed E-state index contributed by atoms with van der Waals surface area (Å²) in [6.07, 6.45) is -0.621. The Balaban J connectivity index is 1.88. The average molecular weight is 417 g/mol. The second kappa shape index (κ2) is 7.91. The van der Waals surface area contributed by atoms with Crippen molar-refractivity contribution >= 4 is 51.5 Å². The molecule has 1 amide bonds. The van der Waals surface area contributed by atoms with Gasteiger partial charge in [0.05, 0.1) is 0 Å². The number of halogens is 3. The molecule has 1 unspecified atom stereocenters. The van der Waals surface area contributed by atoms with E-state index in [0.717, 1.165) is 15.7 Å². The van der Waals surface area contributed by atoms with Crippen molar-refractivity contribution in [2.24, 2.45) is 0 Å². The largest absolute Gasteiger partial charge is 0.364 e. The van der Waals surface area contributed by atoms with E-state index in [1.165, 1.54) is 0 Å². The second-order valence-electron chi connectivity index (χ2n) is 6.80. The Labute approximate surface area is 168 Å².